The summed E-state index contributed by atoms with van der Waals surface area (Å²) in [5.74, 6) is 2.27. The van der Waals surface area contributed by atoms with Crippen molar-refractivity contribution in [3.05, 3.63) is 51.3 Å². The van der Waals surface area contributed by atoms with Gasteiger partial charge in [-0.2, -0.15) is 4.98 Å². The van der Waals surface area contributed by atoms with E-state index in [1.807, 2.05) is 31.2 Å². The van der Waals surface area contributed by atoms with E-state index in [4.69, 9.17) is 16.1 Å². The summed E-state index contributed by atoms with van der Waals surface area (Å²) in [7, 11) is 0. The van der Waals surface area contributed by atoms with E-state index in [1.165, 1.54) is 0 Å². The maximum Gasteiger partial charge on any atom is 0.228 e. The Hall–Kier alpha value is -1.72. The van der Waals surface area contributed by atoms with Crippen molar-refractivity contribution in [1.29, 1.82) is 0 Å². The second kappa shape index (κ2) is 12.2. The third kappa shape index (κ3) is 7.21. The number of benzene rings is 1. The molecule has 0 saturated heterocycles. The van der Waals surface area contributed by atoms with Crippen molar-refractivity contribution in [2.24, 2.45) is 4.99 Å². The minimum Gasteiger partial charge on any atom is -0.357 e. The number of aliphatic imine (C=N–C) groups is 1. The van der Waals surface area contributed by atoms with E-state index in [9.17, 15) is 0 Å². The first-order chi connectivity index (χ1) is 14.0. The lowest BCUT2D eigenvalue weighted by Gasteiger charge is -2.09. The van der Waals surface area contributed by atoms with Gasteiger partial charge in [-0.25, -0.2) is 9.98 Å². The van der Waals surface area contributed by atoms with E-state index < -0.39 is 0 Å². The summed E-state index contributed by atoms with van der Waals surface area (Å²) in [6, 6.07) is 7.39. The summed E-state index contributed by atoms with van der Waals surface area (Å²) in [5.41, 5.74) is 1.95. The molecule has 2 aromatic heterocycles. The zero-order valence-electron chi connectivity index (χ0n) is 17.2. The minimum atomic E-state index is 0. The molecule has 3 rings (SSSR count). The highest BCUT2D eigenvalue weighted by molar-refractivity contribution is 14.0. The summed E-state index contributed by atoms with van der Waals surface area (Å²) in [4.78, 5) is 13.7. The molecule has 10 heteroatoms. The van der Waals surface area contributed by atoms with Gasteiger partial charge in [0.15, 0.2) is 5.96 Å². The lowest BCUT2D eigenvalue weighted by atomic mass is 10.2. The van der Waals surface area contributed by atoms with E-state index >= 15 is 0 Å². The molecule has 0 aliphatic heterocycles. The molecule has 7 nitrogen and oxygen atoms in total. The lowest BCUT2D eigenvalue weighted by molar-refractivity contribution is 0.378. The Bertz CT molecular complexity index is 958. The number of nitrogens with zero attached hydrogens (tertiary/aromatic N) is 4. The normalized spacial score (nSPS) is 11.4. The molecule has 0 aliphatic rings. The first-order valence-corrected chi connectivity index (χ1v) is 10.9. The second-order valence-corrected chi connectivity index (χ2v) is 8.09. The van der Waals surface area contributed by atoms with Gasteiger partial charge in [-0.15, -0.1) is 35.3 Å². The molecule has 30 heavy (non-hydrogen) atoms. The van der Waals surface area contributed by atoms with E-state index in [0.29, 0.717) is 42.2 Å². The Morgan fingerprint density at radius 3 is 2.80 bits per heavy atom. The fourth-order valence-electron chi connectivity index (χ4n) is 2.54. The summed E-state index contributed by atoms with van der Waals surface area (Å²) >= 11 is 7.66. The van der Waals surface area contributed by atoms with Crippen LogP contribution in [0.3, 0.4) is 0 Å². The molecular formula is C20H26ClIN6OS. The van der Waals surface area contributed by atoms with E-state index in [0.717, 1.165) is 28.8 Å². The Morgan fingerprint density at radius 2 is 2.10 bits per heavy atom. The van der Waals surface area contributed by atoms with E-state index in [2.05, 4.69) is 50.0 Å². The highest BCUT2D eigenvalue weighted by Crippen LogP contribution is 2.20. The molecule has 0 aliphatic carbocycles. The van der Waals surface area contributed by atoms with Crippen LogP contribution in [0.25, 0.3) is 11.4 Å². The van der Waals surface area contributed by atoms with Crippen LogP contribution in [-0.4, -0.2) is 34.2 Å². The lowest BCUT2D eigenvalue weighted by Crippen LogP contribution is -2.38. The van der Waals surface area contributed by atoms with Crippen molar-refractivity contribution in [2.75, 3.05) is 13.1 Å². The number of aromatic nitrogens is 3. The maximum atomic E-state index is 6.02. The van der Waals surface area contributed by atoms with Crippen LogP contribution in [0.2, 0.25) is 5.02 Å². The molecule has 0 spiro atoms. The number of hydrogen-bond acceptors (Lipinski definition) is 6. The fraction of sp³-hybridized carbons (Fsp3) is 0.400. The Kier molecular flexibility index (Phi) is 9.99. The largest absolute Gasteiger partial charge is 0.357 e. The van der Waals surface area contributed by atoms with Crippen LogP contribution in [0.15, 0.2) is 39.2 Å². The highest BCUT2D eigenvalue weighted by Gasteiger charge is 2.10. The molecule has 0 amide bonds. The van der Waals surface area contributed by atoms with Crippen LogP contribution in [-0.2, 0) is 13.0 Å². The van der Waals surface area contributed by atoms with E-state index in [-0.39, 0.29) is 24.0 Å². The summed E-state index contributed by atoms with van der Waals surface area (Å²) < 4.78 is 5.34. The first-order valence-electron chi connectivity index (χ1n) is 9.60. The molecule has 0 fully saturated rings. The van der Waals surface area contributed by atoms with Crippen molar-refractivity contribution < 1.29 is 4.52 Å². The zero-order valence-corrected chi connectivity index (χ0v) is 21.1. The molecule has 0 saturated carbocycles. The van der Waals surface area contributed by atoms with Crippen molar-refractivity contribution in [3.8, 4) is 11.4 Å². The zero-order chi connectivity index (χ0) is 20.6. The standard InChI is InChI=1S/C20H25ClN6OS.HI/c1-4-22-20(24-11-18-25-16(12-29-18)13(2)3)23-9-8-17-26-19(27-28-17)14-6-5-7-15(21)10-14;/h5-7,10,12-13H,4,8-9,11H2,1-3H3,(H2,22,23,24);1H. The summed E-state index contributed by atoms with van der Waals surface area (Å²) in [6.45, 7) is 8.27. The van der Waals surface area contributed by atoms with Gasteiger partial charge in [-0.05, 0) is 25.0 Å². The van der Waals surface area contributed by atoms with Crippen LogP contribution in [0, 0.1) is 0 Å². The van der Waals surface area contributed by atoms with Gasteiger partial charge in [0.25, 0.3) is 0 Å². The van der Waals surface area contributed by atoms with Crippen molar-refractivity contribution in [2.45, 2.75) is 39.7 Å². The molecule has 2 N–H and O–H groups in total. The van der Waals surface area contributed by atoms with Gasteiger partial charge >= 0.3 is 0 Å². The smallest absolute Gasteiger partial charge is 0.228 e. The Morgan fingerprint density at radius 1 is 1.27 bits per heavy atom. The average molecular weight is 561 g/mol. The fourth-order valence-corrected chi connectivity index (χ4v) is 3.61. The highest BCUT2D eigenvalue weighted by atomic mass is 127. The van der Waals surface area contributed by atoms with Gasteiger partial charge in [-0.3, -0.25) is 0 Å². The second-order valence-electron chi connectivity index (χ2n) is 6.71. The summed E-state index contributed by atoms with van der Waals surface area (Å²) in [5, 5.41) is 14.3. The predicted molar refractivity (Wildman–Crippen MR) is 133 cm³/mol. The van der Waals surface area contributed by atoms with Gasteiger partial charge in [-0.1, -0.05) is 42.7 Å². The molecule has 1 aromatic carbocycles. The van der Waals surface area contributed by atoms with Gasteiger partial charge in [0.05, 0.1) is 12.2 Å². The van der Waals surface area contributed by atoms with Gasteiger partial charge < -0.3 is 15.2 Å². The monoisotopic (exact) mass is 560 g/mol. The average Bonchev–Trinajstić information content (AvgIpc) is 3.36. The Balaban J connectivity index is 0.00000320. The van der Waals surface area contributed by atoms with Crippen LogP contribution in [0.4, 0.5) is 0 Å². The molecular weight excluding hydrogens is 535 g/mol. The third-order valence-electron chi connectivity index (χ3n) is 4.06. The number of hydrogen-bond donors (Lipinski definition) is 2. The third-order valence-corrected chi connectivity index (χ3v) is 5.15. The van der Waals surface area contributed by atoms with Crippen molar-refractivity contribution in [1.82, 2.24) is 25.8 Å². The van der Waals surface area contributed by atoms with Crippen molar-refractivity contribution >= 4 is 52.9 Å². The summed E-state index contributed by atoms with van der Waals surface area (Å²) in [6.07, 6.45) is 0.590. The van der Waals surface area contributed by atoms with Gasteiger partial charge in [0.1, 0.15) is 5.01 Å². The number of halogens is 2. The molecule has 0 radical (unpaired) electrons. The topological polar surface area (TPSA) is 88.2 Å². The van der Waals surface area contributed by atoms with Crippen LogP contribution < -0.4 is 10.6 Å². The van der Waals surface area contributed by atoms with Crippen LogP contribution in [0.1, 0.15) is 43.3 Å². The quantitative estimate of drug-likeness (QED) is 0.232. The maximum absolute atomic E-state index is 6.02. The van der Waals surface area contributed by atoms with Crippen LogP contribution in [0.5, 0.6) is 0 Å². The first kappa shape index (κ1) is 24.5. The number of thiazole rings is 1. The SMILES string of the molecule is CCNC(=NCc1nc(C(C)C)cs1)NCCc1nc(-c2cccc(Cl)c2)no1.I. The van der Waals surface area contributed by atoms with Gasteiger partial charge in [0.2, 0.25) is 11.7 Å². The number of nitrogens with one attached hydrogen (secondary N) is 2. The number of guanidine groups is 1. The molecule has 0 unspecified atom stereocenters. The number of rotatable bonds is 8. The van der Waals surface area contributed by atoms with Crippen molar-refractivity contribution in [3.63, 3.8) is 0 Å². The molecule has 2 heterocycles. The molecule has 0 bridgehead atoms. The molecule has 162 valence electrons. The minimum absolute atomic E-state index is 0. The van der Waals surface area contributed by atoms with Gasteiger partial charge in [0, 0.05) is 35.5 Å². The predicted octanol–water partition coefficient (Wildman–Crippen LogP) is 4.89. The molecule has 3 aromatic rings. The Labute approximate surface area is 202 Å². The molecule has 0 atom stereocenters. The van der Waals surface area contributed by atoms with E-state index in [1.54, 1.807) is 11.3 Å². The van der Waals surface area contributed by atoms with Crippen LogP contribution >= 0.6 is 46.9 Å².